The standard InChI is InChI=1S/C28H24N2O6.C2HF3O2/c1-15-12-19(10-11-20(15)27(33)34)29-25(18-8-6-5-7-9-18)24-22-13-16(2)21(28(35)36-4)14-23(22)30(17(3)31)26(24)32;3-2(4,5)1(6)7/h5-14,32H,1-4H3,(H,33,34);(H,6,7). The number of benzene rings is 3. The highest BCUT2D eigenvalue weighted by molar-refractivity contribution is 6.23. The van der Waals surface area contributed by atoms with Crippen LogP contribution in [0.3, 0.4) is 0 Å². The monoisotopic (exact) mass is 598 g/mol. The SMILES string of the molecule is COC(=O)c1cc2c(cc1C)c(C(=Nc1ccc(C(=O)O)c(C)c1)c1ccccc1)c(O)n2C(C)=O.O=C(O)C(F)(F)F. The number of esters is 1. The van der Waals surface area contributed by atoms with E-state index < -0.39 is 30.0 Å². The molecule has 0 spiro atoms. The number of aromatic nitrogens is 1. The van der Waals surface area contributed by atoms with Crippen molar-refractivity contribution in [2.24, 2.45) is 4.99 Å². The van der Waals surface area contributed by atoms with Gasteiger partial charge in [0, 0.05) is 17.9 Å². The summed E-state index contributed by atoms with van der Waals surface area (Å²) in [6.07, 6.45) is -5.08. The summed E-state index contributed by atoms with van der Waals surface area (Å²) >= 11 is 0. The molecule has 0 bridgehead atoms. The van der Waals surface area contributed by atoms with Crippen LogP contribution in [0.5, 0.6) is 5.88 Å². The number of aromatic carboxylic acids is 1. The Hall–Kier alpha value is -5.46. The quantitative estimate of drug-likeness (QED) is 0.189. The zero-order valence-electron chi connectivity index (χ0n) is 23.2. The first-order valence-corrected chi connectivity index (χ1v) is 12.3. The predicted octanol–water partition coefficient (Wildman–Crippen LogP) is 5.91. The van der Waals surface area contributed by atoms with E-state index in [4.69, 9.17) is 19.6 Å². The van der Waals surface area contributed by atoms with E-state index >= 15 is 0 Å². The molecule has 0 saturated carbocycles. The predicted molar refractivity (Wildman–Crippen MR) is 150 cm³/mol. The Bertz CT molecular complexity index is 1770. The van der Waals surface area contributed by atoms with Gasteiger partial charge in [-0.3, -0.25) is 9.36 Å². The van der Waals surface area contributed by atoms with Gasteiger partial charge in [0.05, 0.1) is 40.7 Å². The molecule has 1 aromatic heterocycles. The molecule has 0 atom stereocenters. The lowest BCUT2D eigenvalue weighted by Crippen LogP contribution is -2.21. The second kappa shape index (κ2) is 12.6. The largest absolute Gasteiger partial charge is 0.494 e. The maximum atomic E-state index is 12.6. The molecule has 0 fully saturated rings. The number of fused-ring (bicyclic) bond motifs is 1. The molecular formula is C30H25F3N2O8. The van der Waals surface area contributed by atoms with Crippen molar-refractivity contribution < 1.29 is 52.4 Å². The van der Waals surface area contributed by atoms with E-state index in [1.54, 1.807) is 32.0 Å². The third-order valence-electron chi connectivity index (χ3n) is 6.22. The lowest BCUT2D eigenvalue weighted by Gasteiger charge is -2.10. The van der Waals surface area contributed by atoms with E-state index in [1.165, 1.54) is 26.2 Å². The topological polar surface area (TPSA) is 155 Å². The highest BCUT2D eigenvalue weighted by atomic mass is 19.4. The van der Waals surface area contributed by atoms with Gasteiger partial charge < -0.3 is 20.1 Å². The molecule has 0 amide bonds. The van der Waals surface area contributed by atoms with Gasteiger partial charge in [0.2, 0.25) is 11.8 Å². The van der Waals surface area contributed by atoms with Crippen LogP contribution >= 0.6 is 0 Å². The van der Waals surface area contributed by atoms with Crippen LogP contribution in [0, 0.1) is 13.8 Å². The summed E-state index contributed by atoms with van der Waals surface area (Å²) in [7, 11) is 1.27. The van der Waals surface area contributed by atoms with Gasteiger partial charge in [-0.25, -0.2) is 19.4 Å². The Kier molecular flexibility index (Phi) is 9.39. The Morgan fingerprint density at radius 3 is 1.95 bits per heavy atom. The Morgan fingerprint density at radius 2 is 1.47 bits per heavy atom. The van der Waals surface area contributed by atoms with Crippen LogP contribution in [-0.2, 0) is 9.53 Å². The Labute approximate surface area is 242 Å². The van der Waals surface area contributed by atoms with Gasteiger partial charge in [-0.1, -0.05) is 30.3 Å². The number of hydrogen-bond donors (Lipinski definition) is 3. The zero-order valence-corrected chi connectivity index (χ0v) is 23.2. The van der Waals surface area contributed by atoms with Crippen molar-refractivity contribution in [3.05, 3.63) is 94.0 Å². The van der Waals surface area contributed by atoms with Crippen molar-refractivity contribution in [3.63, 3.8) is 0 Å². The number of rotatable bonds is 5. The van der Waals surface area contributed by atoms with Crippen LogP contribution in [0.25, 0.3) is 10.9 Å². The molecule has 3 aromatic carbocycles. The molecule has 0 saturated heterocycles. The molecule has 224 valence electrons. The van der Waals surface area contributed by atoms with Crippen LogP contribution in [0.4, 0.5) is 18.9 Å². The number of aliphatic imine (C=N–C) groups is 1. The Balaban J connectivity index is 0.000000646. The molecule has 0 aliphatic rings. The number of aromatic hydroxyl groups is 1. The molecule has 0 aliphatic heterocycles. The van der Waals surface area contributed by atoms with Crippen molar-refractivity contribution in [3.8, 4) is 5.88 Å². The lowest BCUT2D eigenvalue weighted by molar-refractivity contribution is -0.192. The van der Waals surface area contributed by atoms with Crippen molar-refractivity contribution in [1.29, 1.82) is 0 Å². The minimum absolute atomic E-state index is 0.164. The van der Waals surface area contributed by atoms with E-state index in [0.29, 0.717) is 44.6 Å². The first-order valence-electron chi connectivity index (χ1n) is 12.3. The summed E-state index contributed by atoms with van der Waals surface area (Å²) in [5.41, 5.74) is 3.74. The van der Waals surface area contributed by atoms with Crippen LogP contribution < -0.4 is 0 Å². The normalized spacial score (nSPS) is 11.5. The van der Waals surface area contributed by atoms with Gasteiger partial charge in [0.15, 0.2) is 0 Å². The molecular weight excluding hydrogens is 573 g/mol. The molecule has 1 heterocycles. The summed E-state index contributed by atoms with van der Waals surface area (Å²) in [5, 5.41) is 28.3. The van der Waals surface area contributed by atoms with Gasteiger partial charge in [0.1, 0.15) is 0 Å². The first kappa shape index (κ1) is 32.1. The van der Waals surface area contributed by atoms with E-state index in [-0.39, 0.29) is 17.0 Å². The van der Waals surface area contributed by atoms with Gasteiger partial charge in [-0.2, -0.15) is 13.2 Å². The minimum Gasteiger partial charge on any atom is -0.494 e. The average molecular weight is 599 g/mol. The molecule has 4 rings (SSSR count). The van der Waals surface area contributed by atoms with Crippen LogP contribution in [0.15, 0.2) is 65.7 Å². The van der Waals surface area contributed by atoms with E-state index in [1.807, 2.05) is 30.3 Å². The van der Waals surface area contributed by atoms with E-state index in [0.717, 1.165) is 4.57 Å². The second-order valence-electron chi connectivity index (χ2n) is 9.16. The second-order valence-corrected chi connectivity index (χ2v) is 9.16. The van der Waals surface area contributed by atoms with Crippen molar-refractivity contribution in [1.82, 2.24) is 4.57 Å². The van der Waals surface area contributed by atoms with Crippen molar-refractivity contribution in [2.75, 3.05) is 7.11 Å². The summed E-state index contributed by atoms with van der Waals surface area (Å²) in [4.78, 5) is 50.0. The van der Waals surface area contributed by atoms with Gasteiger partial charge in [-0.05, 0) is 55.3 Å². The number of carbonyl (C=O) groups is 4. The smallest absolute Gasteiger partial charge is 0.490 e. The lowest BCUT2D eigenvalue weighted by atomic mass is 9.98. The molecule has 43 heavy (non-hydrogen) atoms. The average Bonchev–Trinajstić information content (AvgIpc) is 3.21. The third kappa shape index (κ3) is 6.89. The highest BCUT2D eigenvalue weighted by Crippen LogP contribution is 2.36. The number of ether oxygens (including phenoxy) is 1. The molecule has 3 N–H and O–H groups in total. The number of alkyl halides is 3. The summed E-state index contributed by atoms with van der Waals surface area (Å²) < 4.78 is 37.7. The number of methoxy groups -OCH3 is 1. The number of carboxylic acids is 2. The first-order chi connectivity index (χ1) is 20.1. The van der Waals surface area contributed by atoms with Gasteiger partial charge >= 0.3 is 24.1 Å². The summed E-state index contributed by atoms with van der Waals surface area (Å²) in [6, 6.07) is 17.1. The molecule has 4 aromatic rings. The van der Waals surface area contributed by atoms with Gasteiger partial charge in [-0.15, -0.1) is 0 Å². The van der Waals surface area contributed by atoms with E-state index in [9.17, 15) is 37.8 Å². The molecule has 10 nitrogen and oxygen atoms in total. The van der Waals surface area contributed by atoms with Crippen LogP contribution in [-0.4, -0.2) is 62.7 Å². The summed E-state index contributed by atoms with van der Waals surface area (Å²) in [5.74, 6) is -5.12. The van der Waals surface area contributed by atoms with Crippen LogP contribution in [0.1, 0.15) is 54.7 Å². The number of carbonyl (C=O) groups excluding carboxylic acids is 2. The number of carboxylic acid groups (broad SMARTS) is 2. The molecule has 0 aliphatic carbocycles. The van der Waals surface area contributed by atoms with Crippen molar-refractivity contribution >= 4 is 46.1 Å². The number of aryl methyl sites for hydroxylation is 2. The number of hydrogen-bond acceptors (Lipinski definition) is 7. The fraction of sp³-hybridized carbons (Fsp3) is 0.167. The maximum Gasteiger partial charge on any atom is 0.490 e. The van der Waals surface area contributed by atoms with Gasteiger partial charge in [0.25, 0.3) is 0 Å². The third-order valence-corrected chi connectivity index (χ3v) is 6.22. The number of aliphatic carboxylic acids is 1. The number of halogens is 3. The zero-order chi connectivity index (χ0) is 32.2. The Morgan fingerprint density at radius 1 is 0.884 bits per heavy atom. The molecule has 0 radical (unpaired) electrons. The highest BCUT2D eigenvalue weighted by Gasteiger charge is 2.38. The van der Waals surface area contributed by atoms with Crippen LogP contribution in [0.2, 0.25) is 0 Å². The fourth-order valence-electron chi connectivity index (χ4n) is 4.26. The fourth-order valence-corrected chi connectivity index (χ4v) is 4.26. The maximum absolute atomic E-state index is 12.6. The van der Waals surface area contributed by atoms with Crippen molar-refractivity contribution in [2.45, 2.75) is 26.9 Å². The number of nitrogens with zero attached hydrogens (tertiary/aromatic N) is 2. The molecule has 0 unspecified atom stereocenters. The van der Waals surface area contributed by atoms with E-state index in [2.05, 4.69) is 0 Å². The summed E-state index contributed by atoms with van der Waals surface area (Å²) in [6.45, 7) is 4.74. The molecule has 13 heteroatoms. The minimum atomic E-state index is -5.08.